The van der Waals surface area contributed by atoms with Crippen molar-refractivity contribution in [3.05, 3.63) is 0 Å². The van der Waals surface area contributed by atoms with Crippen LogP contribution in [0.1, 0.15) is 0 Å². The monoisotopic (exact) mass is 196 g/mol. The summed E-state index contributed by atoms with van der Waals surface area (Å²) in [6.07, 6.45) is -0.711. The molecule has 1 heterocycles. The predicted octanol–water partition coefficient (Wildman–Crippen LogP) is 0.845. The zero-order valence-corrected chi connectivity index (χ0v) is 6.23. The van der Waals surface area contributed by atoms with Crippen LogP contribution in [0.2, 0.25) is 0 Å². The van der Waals surface area contributed by atoms with Crippen LogP contribution in [0.25, 0.3) is 0 Å². The highest BCUT2D eigenvalue weighted by molar-refractivity contribution is 9.10. The summed E-state index contributed by atoms with van der Waals surface area (Å²) in [5, 5.41) is 0. The molecule has 9 heavy (non-hydrogen) atoms. The lowest BCUT2D eigenvalue weighted by molar-refractivity contribution is -0.0376. The molecular weight excluding hydrogens is 191 g/mol. The van der Waals surface area contributed by atoms with Crippen molar-refractivity contribution in [3.63, 3.8) is 0 Å². The third-order valence-corrected chi connectivity index (χ3v) is 2.51. The molecule has 2 fully saturated rings. The van der Waals surface area contributed by atoms with E-state index in [1.807, 2.05) is 0 Å². The fourth-order valence-corrected chi connectivity index (χ4v) is 1.63. The molecule has 2 nitrogen and oxygen atoms in total. The predicted molar refractivity (Wildman–Crippen MR) is 32.2 cm³/mol. The van der Waals surface area contributed by atoms with E-state index < -0.39 is 4.58 Å². The molecule has 0 amide bonds. The van der Waals surface area contributed by atoms with Gasteiger partial charge in [-0.25, -0.2) is 4.39 Å². The molecule has 0 spiro atoms. The lowest BCUT2D eigenvalue weighted by Crippen LogP contribution is -2.16. The highest BCUT2D eigenvalue weighted by Crippen LogP contribution is 2.52. The van der Waals surface area contributed by atoms with Gasteiger partial charge in [0.25, 0.3) is 0 Å². The van der Waals surface area contributed by atoms with Crippen LogP contribution in [-0.2, 0) is 9.47 Å². The Bertz CT molecular complexity index is 125. The molecule has 2 atom stereocenters. The van der Waals surface area contributed by atoms with E-state index in [0.717, 1.165) is 0 Å². The first kappa shape index (κ1) is 6.07. The zero-order valence-electron chi connectivity index (χ0n) is 4.64. The van der Waals surface area contributed by atoms with E-state index in [9.17, 15) is 4.39 Å². The van der Waals surface area contributed by atoms with Crippen LogP contribution in [0.4, 0.5) is 4.39 Å². The van der Waals surface area contributed by atoms with Crippen molar-refractivity contribution in [1.29, 1.82) is 0 Å². The summed E-state index contributed by atoms with van der Waals surface area (Å²) < 4.78 is 21.5. The van der Waals surface area contributed by atoms with Gasteiger partial charge in [0.15, 0.2) is 0 Å². The molecule has 2 unspecified atom stereocenters. The smallest absolute Gasteiger partial charge is 0.222 e. The van der Waals surface area contributed by atoms with Gasteiger partial charge in [0.2, 0.25) is 4.58 Å². The molecule has 0 bridgehead atoms. The number of fused-ring (bicyclic) bond motifs is 1. The molecule has 4 heteroatoms. The molecule has 1 aliphatic heterocycles. The zero-order chi connectivity index (χ0) is 6.48. The Labute approximate surface area is 60.4 Å². The van der Waals surface area contributed by atoms with Crippen LogP contribution in [0, 0.1) is 0 Å². The van der Waals surface area contributed by atoms with Gasteiger partial charge in [-0.3, -0.25) is 0 Å². The SMILES string of the molecule is FC1(Br)C2OCCOC21. The molecule has 0 radical (unpaired) electrons. The normalized spacial score (nSPS) is 56.7. The van der Waals surface area contributed by atoms with Gasteiger partial charge < -0.3 is 9.47 Å². The van der Waals surface area contributed by atoms with Crippen LogP contribution in [0.15, 0.2) is 0 Å². The molecule has 1 saturated carbocycles. The van der Waals surface area contributed by atoms with E-state index >= 15 is 0 Å². The average molecular weight is 197 g/mol. The number of rotatable bonds is 0. The Morgan fingerprint density at radius 1 is 1.33 bits per heavy atom. The van der Waals surface area contributed by atoms with Crippen molar-refractivity contribution in [2.75, 3.05) is 13.2 Å². The van der Waals surface area contributed by atoms with E-state index in [0.29, 0.717) is 13.2 Å². The quantitative estimate of drug-likeness (QED) is 0.536. The van der Waals surface area contributed by atoms with Crippen LogP contribution >= 0.6 is 15.9 Å². The molecular formula is C5H6BrFO2. The van der Waals surface area contributed by atoms with Crippen molar-refractivity contribution < 1.29 is 13.9 Å². The highest BCUT2D eigenvalue weighted by atomic mass is 79.9. The third kappa shape index (κ3) is 0.734. The maximum Gasteiger partial charge on any atom is 0.222 e. The summed E-state index contributed by atoms with van der Waals surface area (Å²) in [7, 11) is 0. The molecule has 2 rings (SSSR count). The van der Waals surface area contributed by atoms with Crippen LogP contribution in [-0.4, -0.2) is 30.0 Å². The summed E-state index contributed by atoms with van der Waals surface area (Å²) in [5.74, 6) is 0. The first-order chi connectivity index (χ1) is 4.23. The van der Waals surface area contributed by atoms with Crippen LogP contribution in [0.3, 0.4) is 0 Å². The van der Waals surface area contributed by atoms with Crippen molar-refractivity contribution in [3.8, 4) is 0 Å². The number of alkyl halides is 2. The Kier molecular flexibility index (Phi) is 1.13. The maximum atomic E-state index is 12.8. The minimum Gasteiger partial charge on any atom is -0.369 e. The van der Waals surface area contributed by atoms with E-state index in [4.69, 9.17) is 9.47 Å². The fraction of sp³-hybridized carbons (Fsp3) is 1.00. The Hall–Kier alpha value is 0.330. The average Bonchev–Trinajstić information content (AvgIpc) is 2.39. The summed E-state index contributed by atoms with van der Waals surface area (Å²) >= 11 is 2.86. The lowest BCUT2D eigenvalue weighted by atomic mass is 10.6. The Morgan fingerprint density at radius 2 is 1.78 bits per heavy atom. The van der Waals surface area contributed by atoms with E-state index in [1.54, 1.807) is 0 Å². The molecule has 52 valence electrons. The molecule has 0 aromatic heterocycles. The van der Waals surface area contributed by atoms with Crippen molar-refractivity contribution in [2.24, 2.45) is 0 Å². The molecule has 0 aromatic carbocycles. The Balaban J connectivity index is 2.06. The van der Waals surface area contributed by atoms with Gasteiger partial charge >= 0.3 is 0 Å². The lowest BCUT2D eigenvalue weighted by Gasteiger charge is -2.07. The summed E-state index contributed by atoms with van der Waals surface area (Å²) in [6.45, 7) is 1.02. The van der Waals surface area contributed by atoms with Crippen molar-refractivity contribution >= 4 is 15.9 Å². The van der Waals surface area contributed by atoms with Gasteiger partial charge in [0.05, 0.1) is 13.2 Å². The maximum absolute atomic E-state index is 12.8. The van der Waals surface area contributed by atoms with Gasteiger partial charge in [0, 0.05) is 0 Å². The van der Waals surface area contributed by atoms with Gasteiger partial charge in [-0.2, -0.15) is 0 Å². The third-order valence-electron chi connectivity index (χ3n) is 1.60. The first-order valence-corrected chi connectivity index (χ1v) is 3.63. The molecule has 0 aromatic rings. The minimum atomic E-state index is -1.39. The van der Waals surface area contributed by atoms with Gasteiger partial charge in [0.1, 0.15) is 12.2 Å². The molecule has 1 aliphatic carbocycles. The number of ether oxygens (including phenoxy) is 2. The van der Waals surface area contributed by atoms with Crippen molar-refractivity contribution in [2.45, 2.75) is 16.8 Å². The molecule has 1 saturated heterocycles. The van der Waals surface area contributed by atoms with E-state index in [1.165, 1.54) is 0 Å². The Morgan fingerprint density at radius 3 is 2.11 bits per heavy atom. The number of hydrogen-bond acceptors (Lipinski definition) is 2. The fourth-order valence-electron chi connectivity index (χ4n) is 1.02. The second-order valence-electron chi connectivity index (χ2n) is 2.26. The summed E-state index contributed by atoms with van der Waals surface area (Å²) in [5.41, 5.74) is 0. The summed E-state index contributed by atoms with van der Waals surface area (Å²) in [6, 6.07) is 0. The van der Waals surface area contributed by atoms with E-state index in [2.05, 4.69) is 15.9 Å². The van der Waals surface area contributed by atoms with Gasteiger partial charge in [-0.15, -0.1) is 0 Å². The van der Waals surface area contributed by atoms with Gasteiger partial charge in [-0.05, 0) is 15.9 Å². The highest BCUT2D eigenvalue weighted by Gasteiger charge is 2.69. The minimum absolute atomic E-state index is 0.355. The van der Waals surface area contributed by atoms with Crippen LogP contribution in [0.5, 0.6) is 0 Å². The first-order valence-electron chi connectivity index (χ1n) is 2.84. The number of hydrogen-bond donors (Lipinski definition) is 0. The van der Waals surface area contributed by atoms with Crippen LogP contribution < -0.4 is 0 Å². The molecule has 2 aliphatic rings. The van der Waals surface area contributed by atoms with Gasteiger partial charge in [-0.1, -0.05) is 0 Å². The van der Waals surface area contributed by atoms with E-state index in [-0.39, 0.29) is 12.2 Å². The topological polar surface area (TPSA) is 18.5 Å². The standard InChI is InChI=1S/C5H6BrFO2/c6-5(7)3-4(5)9-2-1-8-3/h3-4H,1-2H2. The largest absolute Gasteiger partial charge is 0.369 e. The second-order valence-corrected chi connectivity index (χ2v) is 3.47. The second kappa shape index (κ2) is 1.68. The molecule has 0 N–H and O–H groups in total. The summed E-state index contributed by atoms with van der Waals surface area (Å²) in [4.78, 5) is 0. The number of halogens is 2. The van der Waals surface area contributed by atoms with Crippen molar-refractivity contribution in [1.82, 2.24) is 0 Å².